The van der Waals surface area contributed by atoms with Gasteiger partial charge in [-0.3, -0.25) is 9.48 Å². The molecule has 1 heterocycles. The number of nitrogens with zero attached hydrogens (tertiary/aromatic N) is 2. The third-order valence-electron chi connectivity index (χ3n) is 7.90. The lowest BCUT2D eigenvalue weighted by Crippen LogP contribution is -2.21. The van der Waals surface area contributed by atoms with E-state index in [0.717, 1.165) is 53.7 Å². The highest BCUT2D eigenvalue weighted by Crippen LogP contribution is 2.60. The summed E-state index contributed by atoms with van der Waals surface area (Å²) in [5.74, 6) is -0.150. The van der Waals surface area contributed by atoms with E-state index in [0.29, 0.717) is 6.61 Å². The van der Waals surface area contributed by atoms with Crippen molar-refractivity contribution in [2.24, 2.45) is 18.4 Å². The van der Waals surface area contributed by atoms with E-state index in [2.05, 4.69) is 56.2 Å². The van der Waals surface area contributed by atoms with Gasteiger partial charge in [0.1, 0.15) is 12.4 Å². The van der Waals surface area contributed by atoms with E-state index in [1.165, 1.54) is 11.1 Å². The maximum Gasteiger partial charge on any atom is 0.307 e. The predicted octanol–water partition coefficient (Wildman–Crippen LogP) is 6.08. The Balaban J connectivity index is 1.42. The first-order valence-electron chi connectivity index (χ1n) is 12.8. The smallest absolute Gasteiger partial charge is 0.307 e. The minimum atomic E-state index is -0.679. The molecule has 5 rings (SSSR count). The summed E-state index contributed by atoms with van der Waals surface area (Å²) in [5.41, 5.74) is 6.50. The molecule has 1 saturated carbocycles. The van der Waals surface area contributed by atoms with E-state index in [-0.39, 0.29) is 22.9 Å². The number of carboxylic acids is 1. The van der Waals surface area contributed by atoms with Crippen molar-refractivity contribution >= 4 is 5.97 Å². The van der Waals surface area contributed by atoms with Crippen LogP contribution in [0.2, 0.25) is 0 Å². The molecule has 0 radical (unpaired) electrons. The number of ether oxygens (including phenoxy) is 2. The molecule has 1 spiro atoms. The second-order valence-electron chi connectivity index (χ2n) is 11.5. The molecule has 2 aromatic carbocycles. The van der Waals surface area contributed by atoms with Crippen molar-refractivity contribution in [3.63, 3.8) is 0 Å². The Kier molecular flexibility index (Phi) is 6.19. The Morgan fingerprint density at radius 3 is 2.69 bits per heavy atom. The molecule has 2 aliphatic carbocycles. The first kappa shape index (κ1) is 24.6. The quantitative estimate of drug-likeness (QED) is 0.436. The van der Waals surface area contributed by atoms with Crippen LogP contribution in [0, 0.1) is 11.3 Å². The molecule has 6 nitrogen and oxygen atoms in total. The summed E-state index contributed by atoms with van der Waals surface area (Å²) in [6, 6.07) is 12.7. The topological polar surface area (TPSA) is 73.6 Å². The average Bonchev–Trinajstić information content (AvgIpc) is 3.39. The van der Waals surface area contributed by atoms with E-state index in [1.807, 2.05) is 30.2 Å². The number of aromatic nitrogens is 2. The lowest BCUT2D eigenvalue weighted by molar-refractivity contribution is -0.139. The zero-order valence-corrected chi connectivity index (χ0v) is 21.9. The summed E-state index contributed by atoms with van der Waals surface area (Å²) in [4.78, 5) is 11.7. The van der Waals surface area contributed by atoms with Gasteiger partial charge in [0.05, 0.1) is 18.2 Å². The Labute approximate surface area is 213 Å². The normalized spacial score (nSPS) is 21.8. The van der Waals surface area contributed by atoms with Crippen molar-refractivity contribution in [1.29, 1.82) is 0 Å². The van der Waals surface area contributed by atoms with Gasteiger partial charge in [-0.1, -0.05) is 39.0 Å². The largest absolute Gasteiger partial charge is 0.489 e. The molecular formula is C30H36N2O4. The number of carboxylic acid groups (broad SMARTS) is 1. The van der Waals surface area contributed by atoms with Crippen LogP contribution in [-0.2, 0) is 35.0 Å². The van der Waals surface area contributed by atoms with Gasteiger partial charge in [-0.2, -0.15) is 5.10 Å². The van der Waals surface area contributed by atoms with Crippen LogP contribution in [0.3, 0.4) is 0 Å². The fraction of sp³-hybridized carbons (Fsp3) is 0.467. The van der Waals surface area contributed by atoms with Crippen LogP contribution in [0.15, 0.2) is 48.8 Å². The number of hydrogen-bond acceptors (Lipinski definition) is 4. The molecule has 0 amide bonds. The lowest BCUT2D eigenvalue weighted by atomic mass is 9.78. The number of aryl methyl sites for hydroxylation is 2. The molecule has 0 bridgehead atoms. The first-order valence-corrected chi connectivity index (χ1v) is 12.8. The summed E-state index contributed by atoms with van der Waals surface area (Å²) in [5, 5.41) is 14.0. The number of methoxy groups -OCH3 is 1. The molecule has 6 heteroatoms. The zero-order valence-electron chi connectivity index (χ0n) is 21.9. The van der Waals surface area contributed by atoms with Crippen molar-refractivity contribution in [3.8, 4) is 16.9 Å². The maximum absolute atomic E-state index is 11.7. The maximum atomic E-state index is 11.7. The minimum absolute atomic E-state index is 0.0943. The third kappa shape index (κ3) is 4.43. The highest BCUT2D eigenvalue weighted by atomic mass is 16.5. The van der Waals surface area contributed by atoms with Gasteiger partial charge in [-0.25, -0.2) is 0 Å². The molecule has 0 aliphatic heterocycles. The van der Waals surface area contributed by atoms with Crippen molar-refractivity contribution in [2.45, 2.75) is 64.6 Å². The lowest BCUT2D eigenvalue weighted by Gasteiger charge is -2.31. The Morgan fingerprint density at radius 1 is 1.25 bits per heavy atom. The van der Waals surface area contributed by atoms with Crippen LogP contribution in [0.4, 0.5) is 0 Å². The number of hydrogen-bond donors (Lipinski definition) is 1. The molecule has 190 valence electrons. The molecule has 1 aromatic heterocycles. The highest BCUT2D eigenvalue weighted by molar-refractivity contribution is 5.78. The van der Waals surface area contributed by atoms with E-state index in [9.17, 15) is 9.90 Å². The van der Waals surface area contributed by atoms with Gasteiger partial charge in [-0.15, -0.1) is 0 Å². The predicted molar refractivity (Wildman–Crippen MR) is 139 cm³/mol. The van der Waals surface area contributed by atoms with Gasteiger partial charge in [0, 0.05) is 31.3 Å². The second-order valence-corrected chi connectivity index (χ2v) is 11.5. The standard InChI is InChI=1S/C30H36N2O4/c1-29(2,3)27(35-5)24-13-19(8-11-23(24)21-16-31-32(4)17-21)18-36-22-10-9-20-7-6-12-30(25(20)14-22)15-26(30)28(33)34/h8-11,13-14,16-17,26-27H,6-7,12,15,18H2,1-5H3,(H,33,34)/t26-,27+,30+/m1/s1. The fourth-order valence-corrected chi connectivity index (χ4v) is 6.11. The Morgan fingerprint density at radius 2 is 2.06 bits per heavy atom. The molecule has 1 N–H and O–H groups in total. The SMILES string of the molecule is CO[C@@H](c1cc(COc2ccc3c(c2)[C@]2(CCC3)C[C@@H]2C(=O)O)ccc1-c1cnn(C)c1)C(C)(C)C. The third-order valence-corrected chi connectivity index (χ3v) is 7.90. The highest BCUT2D eigenvalue weighted by Gasteiger charge is 2.60. The number of rotatable bonds is 7. The summed E-state index contributed by atoms with van der Waals surface area (Å²) in [7, 11) is 3.68. The summed E-state index contributed by atoms with van der Waals surface area (Å²) >= 11 is 0. The average molecular weight is 489 g/mol. The van der Waals surface area contributed by atoms with Gasteiger partial charge in [-0.05, 0) is 77.1 Å². The molecule has 3 aromatic rings. The van der Waals surface area contributed by atoms with E-state index >= 15 is 0 Å². The zero-order chi connectivity index (χ0) is 25.7. The number of aliphatic carboxylic acids is 1. The molecule has 1 fully saturated rings. The van der Waals surface area contributed by atoms with E-state index in [1.54, 1.807) is 7.11 Å². The fourth-order valence-electron chi connectivity index (χ4n) is 6.11. The van der Waals surface area contributed by atoms with Gasteiger partial charge >= 0.3 is 5.97 Å². The summed E-state index contributed by atoms with van der Waals surface area (Å²) < 4.78 is 14.1. The van der Waals surface area contributed by atoms with E-state index < -0.39 is 5.97 Å². The van der Waals surface area contributed by atoms with Crippen molar-refractivity contribution < 1.29 is 19.4 Å². The minimum Gasteiger partial charge on any atom is -0.489 e. The van der Waals surface area contributed by atoms with Gasteiger partial charge < -0.3 is 14.6 Å². The molecule has 0 saturated heterocycles. The van der Waals surface area contributed by atoms with Crippen LogP contribution in [0.1, 0.15) is 68.4 Å². The number of benzene rings is 2. The van der Waals surface area contributed by atoms with Gasteiger partial charge in [0.25, 0.3) is 0 Å². The molecule has 36 heavy (non-hydrogen) atoms. The van der Waals surface area contributed by atoms with Crippen LogP contribution >= 0.6 is 0 Å². The molecule has 2 aliphatic rings. The Hall–Kier alpha value is -3.12. The van der Waals surface area contributed by atoms with Crippen molar-refractivity contribution in [2.75, 3.05) is 7.11 Å². The number of carbonyl (C=O) groups is 1. The molecule has 3 atom stereocenters. The summed E-state index contributed by atoms with van der Waals surface area (Å²) in [6.45, 7) is 6.97. The second kappa shape index (κ2) is 9.07. The van der Waals surface area contributed by atoms with Crippen molar-refractivity contribution in [3.05, 3.63) is 71.0 Å². The van der Waals surface area contributed by atoms with Crippen molar-refractivity contribution in [1.82, 2.24) is 9.78 Å². The van der Waals surface area contributed by atoms with E-state index in [4.69, 9.17) is 9.47 Å². The summed E-state index contributed by atoms with van der Waals surface area (Å²) in [6.07, 6.45) is 7.56. The van der Waals surface area contributed by atoms with Crippen LogP contribution in [0.25, 0.3) is 11.1 Å². The molecular weight excluding hydrogens is 452 g/mol. The molecule has 0 unspecified atom stereocenters. The first-order chi connectivity index (χ1) is 17.1. The van der Waals surface area contributed by atoms with Gasteiger partial charge in [0.15, 0.2) is 0 Å². The van der Waals surface area contributed by atoms with Crippen LogP contribution in [-0.4, -0.2) is 28.0 Å². The van der Waals surface area contributed by atoms with Gasteiger partial charge in [0.2, 0.25) is 0 Å². The Bertz CT molecular complexity index is 1290. The monoisotopic (exact) mass is 488 g/mol. The van der Waals surface area contributed by atoms with Crippen LogP contribution in [0.5, 0.6) is 5.75 Å². The number of fused-ring (bicyclic) bond motifs is 2. The van der Waals surface area contributed by atoms with Crippen LogP contribution < -0.4 is 4.74 Å².